The Morgan fingerprint density at radius 2 is 2.22 bits per heavy atom. The first-order valence-corrected chi connectivity index (χ1v) is 8.39. The number of benzene rings is 1. The van der Waals surface area contributed by atoms with Crippen molar-refractivity contribution in [2.75, 3.05) is 30.4 Å². The lowest BCUT2D eigenvalue weighted by Gasteiger charge is -2.40. The van der Waals surface area contributed by atoms with E-state index in [1.165, 1.54) is 0 Å². The number of carbonyl (C=O) groups is 1. The van der Waals surface area contributed by atoms with E-state index >= 15 is 0 Å². The molecule has 1 unspecified atom stereocenters. The Hall–Kier alpha value is -1.75. The zero-order valence-corrected chi connectivity index (χ0v) is 14.3. The third kappa shape index (κ3) is 4.16. The van der Waals surface area contributed by atoms with E-state index in [1.54, 1.807) is 0 Å². The van der Waals surface area contributed by atoms with E-state index in [1.807, 2.05) is 25.1 Å². The predicted octanol–water partition coefficient (Wildman–Crippen LogP) is 3.10. The highest BCUT2D eigenvalue weighted by atomic mass is 16.5. The zero-order chi connectivity index (χ0) is 17.0. The van der Waals surface area contributed by atoms with Crippen LogP contribution in [0.2, 0.25) is 0 Å². The van der Waals surface area contributed by atoms with Gasteiger partial charge >= 0.3 is 5.97 Å². The molecule has 1 aliphatic rings. The minimum atomic E-state index is -0.771. The number of morpholine rings is 1. The lowest BCUT2D eigenvalue weighted by molar-refractivity contribution is -0.137. The van der Waals surface area contributed by atoms with Crippen molar-refractivity contribution < 1.29 is 14.6 Å². The van der Waals surface area contributed by atoms with Crippen LogP contribution in [0.3, 0.4) is 0 Å². The third-order valence-electron chi connectivity index (χ3n) is 4.68. The molecule has 0 spiro atoms. The topological polar surface area (TPSA) is 75.8 Å². The molecule has 0 amide bonds. The Labute approximate surface area is 138 Å². The second-order valence-electron chi connectivity index (χ2n) is 6.60. The van der Waals surface area contributed by atoms with E-state index in [0.717, 1.165) is 36.5 Å². The van der Waals surface area contributed by atoms with Gasteiger partial charge in [0, 0.05) is 6.54 Å². The van der Waals surface area contributed by atoms with Crippen LogP contribution in [0.5, 0.6) is 0 Å². The number of aliphatic carboxylic acids is 1. The summed E-state index contributed by atoms with van der Waals surface area (Å²) in [7, 11) is 0. The largest absolute Gasteiger partial charge is 0.481 e. The molecule has 23 heavy (non-hydrogen) atoms. The summed E-state index contributed by atoms with van der Waals surface area (Å²) in [6.07, 6.45) is 0.929. The number of anilines is 2. The maximum absolute atomic E-state index is 11.0. The molecule has 128 valence electrons. The molecule has 0 aliphatic carbocycles. The summed E-state index contributed by atoms with van der Waals surface area (Å²) in [5.41, 5.74) is 9.06. The van der Waals surface area contributed by atoms with E-state index in [4.69, 9.17) is 15.6 Å². The van der Waals surface area contributed by atoms with Gasteiger partial charge in [-0.05, 0) is 36.0 Å². The number of hydrogen-bond acceptors (Lipinski definition) is 4. The second-order valence-corrected chi connectivity index (χ2v) is 6.60. The second kappa shape index (κ2) is 7.68. The van der Waals surface area contributed by atoms with Crippen LogP contribution in [0.1, 0.15) is 45.1 Å². The van der Waals surface area contributed by atoms with Gasteiger partial charge in [-0.2, -0.15) is 0 Å². The van der Waals surface area contributed by atoms with Gasteiger partial charge in [0.05, 0.1) is 37.1 Å². The number of nitrogens with zero attached hydrogens (tertiary/aromatic N) is 1. The molecule has 2 atom stereocenters. The molecule has 0 radical (unpaired) electrons. The first-order valence-electron chi connectivity index (χ1n) is 8.39. The lowest BCUT2D eigenvalue weighted by atomic mass is 9.92. The smallest absolute Gasteiger partial charge is 0.303 e. The molecule has 3 N–H and O–H groups in total. The molecular weight excluding hydrogens is 292 g/mol. The van der Waals surface area contributed by atoms with E-state index in [-0.39, 0.29) is 12.3 Å². The number of ether oxygens (including phenoxy) is 1. The predicted molar refractivity (Wildman–Crippen MR) is 92.9 cm³/mol. The molecular formula is C18H28N2O3. The number of carboxylic acids is 1. The molecule has 1 heterocycles. The van der Waals surface area contributed by atoms with Crippen molar-refractivity contribution in [3.05, 3.63) is 23.8 Å². The van der Waals surface area contributed by atoms with Gasteiger partial charge in [0.1, 0.15) is 0 Å². The van der Waals surface area contributed by atoms with Gasteiger partial charge in [0.15, 0.2) is 0 Å². The van der Waals surface area contributed by atoms with Crippen molar-refractivity contribution in [1.29, 1.82) is 0 Å². The van der Waals surface area contributed by atoms with Gasteiger partial charge in [0.2, 0.25) is 0 Å². The molecule has 0 bridgehead atoms. The monoisotopic (exact) mass is 320 g/mol. The van der Waals surface area contributed by atoms with Crippen LogP contribution in [0.25, 0.3) is 0 Å². The summed E-state index contributed by atoms with van der Waals surface area (Å²) in [6, 6.07) is 6.32. The first kappa shape index (κ1) is 17.6. The van der Waals surface area contributed by atoms with Crippen LogP contribution in [-0.2, 0) is 9.53 Å². The summed E-state index contributed by atoms with van der Waals surface area (Å²) in [5, 5.41) is 9.05. The van der Waals surface area contributed by atoms with E-state index in [9.17, 15) is 4.79 Å². The van der Waals surface area contributed by atoms with Crippen molar-refractivity contribution in [3.63, 3.8) is 0 Å². The number of hydrogen-bond donors (Lipinski definition) is 2. The van der Waals surface area contributed by atoms with E-state index in [2.05, 4.69) is 18.7 Å². The van der Waals surface area contributed by atoms with Gasteiger partial charge in [0.25, 0.3) is 0 Å². The molecule has 1 saturated heterocycles. The molecule has 1 aromatic carbocycles. The van der Waals surface area contributed by atoms with Crippen molar-refractivity contribution in [2.24, 2.45) is 5.92 Å². The zero-order valence-electron chi connectivity index (χ0n) is 14.3. The molecule has 1 aliphatic heterocycles. The molecule has 0 saturated carbocycles. The van der Waals surface area contributed by atoms with Crippen LogP contribution in [0.15, 0.2) is 18.2 Å². The number of nitrogen functional groups attached to an aromatic ring is 1. The van der Waals surface area contributed by atoms with Gasteiger partial charge < -0.3 is 20.5 Å². The van der Waals surface area contributed by atoms with Crippen LogP contribution in [0.4, 0.5) is 11.4 Å². The molecule has 5 heteroatoms. The summed E-state index contributed by atoms with van der Waals surface area (Å²) < 4.78 is 5.61. The SMILES string of the molecule is CCC(CC(=O)O)c1ccc(N2CCOC[C@@H]2C(C)C)c(N)c1. The highest BCUT2D eigenvalue weighted by Crippen LogP contribution is 2.33. The van der Waals surface area contributed by atoms with Crippen molar-refractivity contribution in [2.45, 2.75) is 45.6 Å². The molecule has 1 aromatic rings. The normalized spacial score (nSPS) is 19.8. The Balaban J connectivity index is 2.26. The summed E-state index contributed by atoms with van der Waals surface area (Å²) in [4.78, 5) is 13.3. The van der Waals surface area contributed by atoms with E-state index in [0.29, 0.717) is 18.6 Å². The molecule has 0 aromatic heterocycles. The maximum atomic E-state index is 11.0. The number of nitrogens with two attached hydrogens (primary N) is 1. The highest BCUT2D eigenvalue weighted by Gasteiger charge is 2.27. The average Bonchev–Trinajstić information content (AvgIpc) is 2.52. The minimum Gasteiger partial charge on any atom is -0.481 e. The lowest BCUT2D eigenvalue weighted by Crippen LogP contribution is -2.48. The van der Waals surface area contributed by atoms with Crippen LogP contribution in [0, 0.1) is 5.92 Å². The van der Waals surface area contributed by atoms with E-state index < -0.39 is 5.97 Å². The summed E-state index contributed by atoms with van der Waals surface area (Å²) >= 11 is 0. The minimum absolute atomic E-state index is 0.00874. The Bertz CT molecular complexity index is 545. The van der Waals surface area contributed by atoms with Gasteiger partial charge in [-0.25, -0.2) is 0 Å². The van der Waals surface area contributed by atoms with Crippen molar-refractivity contribution in [3.8, 4) is 0 Å². The van der Waals surface area contributed by atoms with Gasteiger partial charge in [-0.1, -0.05) is 26.8 Å². The standard InChI is InChI=1S/C18H28N2O3/c1-4-13(10-18(21)22)14-5-6-16(15(19)9-14)20-7-8-23-11-17(20)12(2)3/h5-6,9,12-13,17H,4,7-8,10-11,19H2,1-3H3,(H,21,22)/t13?,17-/m1/s1. The fourth-order valence-corrected chi connectivity index (χ4v) is 3.27. The quantitative estimate of drug-likeness (QED) is 0.788. The number of carboxylic acid groups (broad SMARTS) is 1. The number of rotatable bonds is 6. The highest BCUT2D eigenvalue weighted by molar-refractivity contribution is 5.71. The maximum Gasteiger partial charge on any atom is 0.303 e. The Kier molecular flexibility index (Phi) is 5.88. The van der Waals surface area contributed by atoms with Gasteiger partial charge in [-0.3, -0.25) is 4.79 Å². The third-order valence-corrected chi connectivity index (χ3v) is 4.68. The Morgan fingerprint density at radius 1 is 1.48 bits per heavy atom. The van der Waals surface area contributed by atoms with Crippen LogP contribution < -0.4 is 10.6 Å². The fourth-order valence-electron chi connectivity index (χ4n) is 3.27. The first-order chi connectivity index (χ1) is 10.9. The average molecular weight is 320 g/mol. The molecule has 1 fully saturated rings. The van der Waals surface area contributed by atoms with Gasteiger partial charge in [-0.15, -0.1) is 0 Å². The van der Waals surface area contributed by atoms with Crippen molar-refractivity contribution >= 4 is 17.3 Å². The van der Waals surface area contributed by atoms with Crippen LogP contribution >= 0.6 is 0 Å². The Morgan fingerprint density at radius 3 is 2.78 bits per heavy atom. The summed E-state index contributed by atoms with van der Waals surface area (Å²) in [6.45, 7) is 8.65. The molecule has 5 nitrogen and oxygen atoms in total. The van der Waals surface area contributed by atoms with Crippen LogP contribution in [-0.4, -0.2) is 36.9 Å². The molecule has 2 rings (SSSR count). The summed E-state index contributed by atoms with van der Waals surface area (Å²) in [5.74, 6) is -0.285. The fraction of sp³-hybridized carbons (Fsp3) is 0.611. The van der Waals surface area contributed by atoms with Crippen molar-refractivity contribution in [1.82, 2.24) is 0 Å².